The average Bonchev–Trinajstić information content (AvgIpc) is 2.37. The standard InChI is InChI=1S/C15H17F3O2/c16-15(17,18)8-3-7-14(13(19)20)9-6-11-4-1-2-5-12(11)10-14/h1-2,4-5H,3,6-10H2,(H,19,20). The highest BCUT2D eigenvalue weighted by Crippen LogP contribution is 2.40. The Balaban J connectivity index is 2.11. The van der Waals surface area contributed by atoms with E-state index in [1.807, 2.05) is 24.3 Å². The molecular formula is C15H17F3O2. The van der Waals surface area contributed by atoms with Crippen molar-refractivity contribution in [2.24, 2.45) is 5.41 Å². The lowest BCUT2D eigenvalue weighted by Crippen LogP contribution is -2.37. The number of hydrogen-bond donors (Lipinski definition) is 1. The normalized spacial score (nSPS) is 22.4. The Kier molecular flexibility index (Phi) is 4.06. The highest BCUT2D eigenvalue weighted by atomic mass is 19.4. The molecule has 0 saturated carbocycles. The van der Waals surface area contributed by atoms with E-state index in [-0.39, 0.29) is 12.8 Å². The lowest BCUT2D eigenvalue weighted by atomic mass is 9.69. The molecule has 0 spiro atoms. The first-order valence-corrected chi connectivity index (χ1v) is 6.69. The number of aliphatic carboxylic acids is 1. The first-order chi connectivity index (χ1) is 9.32. The van der Waals surface area contributed by atoms with Crippen LogP contribution in [0.2, 0.25) is 0 Å². The summed E-state index contributed by atoms with van der Waals surface area (Å²) in [7, 11) is 0. The maximum atomic E-state index is 12.2. The number of halogens is 3. The second-order valence-electron chi connectivity index (χ2n) is 5.50. The Hall–Kier alpha value is -1.52. The van der Waals surface area contributed by atoms with Gasteiger partial charge in [-0.25, -0.2) is 0 Å². The molecule has 110 valence electrons. The van der Waals surface area contributed by atoms with Crippen molar-refractivity contribution in [2.45, 2.75) is 44.7 Å². The molecule has 0 fully saturated rings. The van der Waals surface area contributed by atoms with Crippen molar-refractivity contribution in [2.75, 3.05) is 0 Å². The van der Waals surface area contributed by atoms with Gasteiger partial charge in [0.1, 0.15) is 0 Å². The van der Waals surface area contributed by atoms with E-state index in [4.69, 9.17) is 0 Å². The number of carbonyl (C=O) groups is 1. The summed E-state index contributed by atoms with van der Waals surface area (Å²) in [5, 5.41) is 9.46. The Bertz CT molecular complexity index is 496. The molecule has 5 heteroatoms. The van der Waals surface area contributed by atoms with Gasteiger partial charge in [-0.05, 0) is 43.2 Å². The van der Waals surface area contributed by atoms with Gasteiger partial charge < -0.3 is 5.11 Å². The molecule has 0 aliphatic heterocycles. The van der Waals surface area contributed by atoms with Crippen LogP contribution in [0.5, 0.6) is 0 Å². The molecule has 20 heavy (non-hydrogen) atoms. The molecule has 2 rings (SSSR count). The van der Waals surface area contributed by atoms with Crippen LogP contribution in [0.25, 0.3) is 0 Å². The number of carboxylic acid groups (broad SMARTS) is 1. The number of rotatable bonds is 4. The monoisotopic (exact) mass is 286 g/mol. The summed E-state index contributed by atoms with van der Waals surface area (Å²) < 4.78 is 36.7. The Labute approximate surface area is 115 Å². The average molecular weight is 286 g/mol. The van der Waals surface area contributed by atoms with E-state index in [9.17, 15) is 23.1 Å². The van der Waals surface area contributed by atoms with Crippen molar-refractivity contribution in [3.8, 4) is 0 Å². The molecule has 0 bridgehead atoms. The molecule has 1 aliphatic carbocycles. The molecule has 1 atom stereocenters. The Morgan fingerprint density at radius 2 is 1.90 bits per heavy atom. The summed E-state index contributed by atoms with van der Waals surface area (Å²) in [5.41, 5.74) is 1.02. The van der Waals surface area contributed by atoms with E-state index < -0.39 is 24.0 Å². The van der Waals surface area contributed by atoms with Crippen molar-refractivity contribution >= 4 is 5.97 Å². The van der Waals surface area contributed by atoms with Gasteiger partial charge >= 0.3 is 12.1 Å². The first-order valence-electron chi connectivity index (χ1n) is 6.69. The second-order valence-corrected chi connectivity index (χ2v) is 5.50. The van der Waals surface area contributed by atoms with E-state index >= 15 is 0 Å². The highest BCUT2D eigenvalue weighted by Gasteiger charge is 2.41. The topological polar surface area (TPSA) is 37.3 Å². The molecule has 1 aromatic carbocycles. The lowest BCUT2D eigenvalue weighted by molar-refractivity contribution is -0.153. The van der Waals surface area contributed by atoms with Gasteiger partial charge in [0, 0.05) is 6.42 Å². The van der Waals surface area contributed by atoms with E-state index in [0.717, 1.165) is 11.1 Å². The van der Waals surface area contributed by atoms with E-state index in [0.29, 0.717) is 19.3 Å². The van der Waals surface area contributed by atoms with Crippen molar-refractivity contribution in [3.63, 3.8) is 0 Å². The molecule has 0 heterocycles. The van der Waals surface area contributed by atoms with Crippen LogP contribution in [-0.2, 0) is 17.6 Å². The maximum Gasteiger partial charge on any atom is 0.389 e. The maximum absolute atomic E-state index is 12.2. The minimum absolute atomic E-state index is 0.0795. The first kappa shape index (κ1) is 14.9. The number of fused-ring (bicyclic) bond motifs is 1. The quantitative estimate of drug-likeness (QED) is 0.909. The number of alkyl halides is 3. The van der Waals surface area contributed by atoms with Gasteiger partial charge in [0.05, 0.1) is 5.41 Å². The zero-order valence-electron chi connectivity index (χ0n) is 11.0. The van der Waals surface area contributed by atoms with Gasteiger partial charge in [0.2, 0.25) is 0 Å². The summed E-state index contributed by atoms with van der Waals surface area (Å²) in [6.45, 7) is 0. The molecular weight excluding hydrogens is 269 g/mol. The second kappa shape index (κ2) is 5.46. The molecule has 1 aromatic rings. The molecule has 1 N–H and O–H groups in total. The van der Waals surface area contributed by atoms with Crippen LogP contribution in [0.1, 0.15) is 36.8 Å². The number of hydrogen-bond acceptors (Lipinski definition) is 1. The van der Waals surface area contributed by atoms with Crippen LogP contribution in [0.3, 0.4) is 0 Å². The largest absolute Gasteiger partial charge is 0.481 e. The molecule has 0 amide bonds. The van der Waals surface area contributed by atoms with Crippen LogP contribution >= 0.6 is 0 Å². The van der Waals surface area contributed by atoms with Gasteiger partial charge in [-0.1, -0.05) is 24.3 Å². The fourth-order valence-corrected chi connectivity index (χ4v) is 2.93. The molecule has 2 nitrogen and oxygen atoms in total. The van der Waals surface area contributed by atoms with E-state index in [1.165, 1.54) is 0 Å². The smallest absolute Gasteiger partial charge is 0.389 e. The van der Waals surface area contributed by atoms with Gasteiger partial charge in [0.15, 0.2) is 0 Å². The Morgan fingerprint density at radius 3 is 2.50 bits per heavy atom. The van der Waals surface area contributed by atoms with Crippen molar-refractivity contribution in [1.82, 2.24) is 0 Å². The molecule has 1 unspecified atom stereocenters. The summed E-state index contributed by atoms with van der Waals surface area (Å²) >= 11 is 0. The van der Waals surface area contributed by atoms with Crippen molar-refractivity contribution in [3.05, 3.63) is 35.4 Å². The van der Waals surface area contributed by atoms with Gasteiger partial charge in [-0.15, -0.1) is 0 Å². The number of benzene rings is 1. The number of carboxylic acids is 1. The molecule has 1 aliphatic rings. The van der Waals surface area contributed by atoms with Crippen LogP contribution < -0.4 is 0 Å². The zero-order valence-corrected chi connectivity index (χ0v) is 11.0. The fraction of sp³-hybridized carbons (Fsp3) is 0.533. The van der Waals surface area contributed by atoms with E-state index in [2.05, 4.69) is 0 Å². The minimum atomic E-state index is -4.22. The highest BCUT2D eigenvalue weighted by molar-refractivity contribution is 5.75. The minimum Gasteiger partial charge on any atom is -0.481 e. The lowest BCUT2D eigenvalue weighted by Gasteiger charge is -2.34. The summed E-state index contributed by atoms with van der Waals surface area (Å²) in [6.07, 6.45) is -3.81. The zero-order chi connectivity index (χ0) is 14.8. The van der Waals surface area contributed by atoms with Crippen LogP contribution in [0, 0.1) is 5.41 Å². The predicted octanol–water partition coefficient (Wildman–Crippen LogP) is 3.98. The van der Waals surface area contributed by atoms with Crippen molar-refractivity contribution in [1.29, 1.82) is 0 Å². The fourth-order valence-electron chi connectivity index (χ4n) is 2.93. The van der Waals surface area contributed by atoms with Crippen molar-refractivity contribution < 1.29 is 23.1 Å². The summed E-state index contributed by atoms with van der Waals surface area (Å²) in [6, 6.07) is 7.56. The summed E-state index contributed by atoms with van der Waals surface area (Å²) in [4.78, 5) is 11.6. The SMILES string of the molecule is O=C(O)C1(CCCC(F)(F)F)CCc2ccccc2C1. The number of aryl methyl sites for hydroxylation is 1. The van der Waals surface area contributed by atoms with Gasteiger partial charge in [0.25, 0.3) is 0 Å². The predicted molar refractivity (Wildman–Crippen MR) is 68.4 cm³/mol. The third kappa shape index (κ3) is 3.32. The van der Waals surface area contributed by atoms with Crippen LogP contribution in [0.4, 0.5) is 13.2 Å². The summed E-state index contributed by atoms with van der Waals surface area (Å²) in [5.74, 6) is -0.978. The molecule has 0 aromatic heterocycles. The van der Waals surface area contributed by atoms with E-state index in [1.54, 1.807) is 0 Å². The molecule has 0 saturated heterocycles. The third-order valence-corrected chi connectivity index (χ3v) is 4.09. The van der Waals surface area contributed by atoms with Crippen LogP contribution in [-0.4, -0.2) is 17.3 Å². The van der Waals surface area contributed by atoms with Gasteiger partial charge in [-0.3, -0.25) is 4.79 Å². The Morgan fingerprint density at radius 1 is 1.25 bits per heavy atom. The van der Waals surface area contributed by atoms with Gasteiger partial charge in [-0.2, -0.15) is 13.2 Å². The third-order valence-electron chi connectivity index (χ3n) is 4.09. The molecule has 0 radical (unpaired) electrons. The van der Waals surface area contributed by atoms with Crippen LogP contribution in [0.15, 0.2) is 24.3 Å².